The smallest absolute Gasteiger partial charge is 0.139 e. The molecule has 0 unspecified atom stereocenters. The van der Waals surface area contributed by atoms with Crippen molar-refractivity contribution in [1.29, 1.82) is 0 Å². The van der Waals surface area contributed by atoms with Gasteiger partial charge in [0.15, 0.2) is 0 Å². The highest BCUT2D eigenvalue weighted by Crippen LogP contribution is 2.33. The van der Waals surface area contributed by atoms with Gasteiger partial charge >= 0.3 is 0 Å². The van der Waals surface area contributed by atoms with E-state index in [-0.39, 0.29) is 0 Å². The monoisotopic (exact) mass is 349 g/mol. The van der Waals surface area contributed by atoms with Crippen molar-refractivity contribution in [3.8, 4) is 5.75 Å². The minimum absolute atomic E-state index is 0.429. The van der Waals surface area contributed by atoms with E-state index in [2.05, 4.69) is 22.8 Å². The molecule has 0 bridgehead atoms. The summed E-state index contributed by atoms with van der Waals surface area (Å²) in [6.07, 6.45) is 1.03. The predicted molar refractivity (Wildman–Crippen MR) is 87.9 cm³/mol. The third-order valence-electron chi connectivity index (χ3n) is 2.64. The van der Waals surface area contributed by atoms with E-state index >= 15 is 0 Å². The summed E-state index contributed by atoms with van der Waals surface area (Å²) in [4.78, 5) is 1.38. The Bertz CT molecular complexity index is 546. The number of nitrogens with one attached hydrogen (secondary N) is 1. The van der Waals surface area contributed by atoms with Crippen LogP contribution in [0.4, 0.5) is 0 Å². The van der Waals surface area contributed by atoms with Gasteiger partial charge in [-0.2, -0.15) is 0 Å². The molecule has 20 heavy (non-hydrogen) atoms. The predicted octanol–water partition coefficient (Wildman–Crippen LogP) is 4.92. The largest absolute Gasteiger partial charge is 0.491 e. The van der Waals surface area contributed by atoms with E-state index in [1.807, 2.05) is 0 Å². The molecule has 0 amide bonds. The SMILES string of the molecule is Clc1cc(Cl)c(OCCNCCc2cccs2)cc1Cl. The molecule has 0 saturated carbocycles. The molecule has 0 fully saturated rings. The van der Waals surface area contributed by atoms with Crippen LogP contribution in [-0.2, 0) is 6.42 Å². The number of thiophene rings is 1. The van der Waals surface area contributed by atoms with E-state index in [4.69, 9.17) is 39.5 Å². The molecule has 0 aliphatic carbocycles. The average molecular weight is 351 g/mol. The molecule has 2 nitrogen and oxygen atoms in total. The Morgan fingerprint density at radius 2 is 1.85 bits per heavy atom. The van der Waals surface area contributed by atoms with Gasteiger partial charge in [0.1, 0.15) is 12.4 Å². The first-order chi connectivity index (χ1) is 9.66. The molecule has 1 aromatic carbocycles. The minimum Gasteiger partial charge on any atom is -0.491 e. The van der Waals surface area contributed by atoms with Crippen LogP contribution in [-0.4, -0.2) is 19.7 Å². The molecule has 6 heteroatoms. The fraction of sp³-hybridized carbons (Fsp3) is 0.286. The zero-order chi connectivity index (χ0) is 14.4. The molecule has 108 valence electrons. The maximum absolute atomic E-state index is 6.02. The fourth-order valence-corrected chi connectivity index (χ4v) is 2.94. The molecule has 1 heterocycles. The topological polar surface area (TPSA) is 21.3 Å². The van der Waals surface area contributed by atoms with Crippen molar-refractivity contribution < 1.29 is 4.74 Å². The van der Waals surface area contributed by atoms with E-state index < -0.39 is 0 Å². The van der Waals surface area contributed by atoms with Crippen molar-refractivity contribution in [3.05, 3.63) is 49.6 Å². The van der Waals surface area contributed by atoms with Crippen LogP contribution in [0.15, 0.2) is 29.6 Å². The van der Waals surface area contributed by atoms with Crippen molar-refractivity contribution in [2.45, 2.75) is 6.42 Å². The van der Waals surface area contributed by atoms with Gasteiger partial charge in [-0.15, -0.1) is 11.3 Å². The molecule has 0 aliphatic rings. The number of benzene rings is 1. The molecule has 0 spiro atoms. The van der Waals surface area contributed by atoms with E-state index in [0.29, 0.717) is 27.4 Å². The summed E-state index contributed by atoms with van der Waals surface area (Å²) in [6, 6.07) is 7.43. The van der Waals surface area contributed by atoms with Crippen LogP contribution < -0.4 is 10.1 Å². The van der Waals surface area contributed by atoms with Gasteiger partial charge in [-0.1, -0.05) is 40.9 Å². The third-order valence-corrected chi connectivity index (χ3v) is 4.59. The lowest BCUT2D eigenvalue weighted by molar-refractivity contribution is 0.315. The van der Waals surface area contributed by atoms with E-state index in [1.54, 1.807) is 23.5 Å². The number of halogens is 3. The first-order valence-corrected chi connectivity index (χ1v) is 8.18. The molecule has 1 aromatic heterocycles. The Morgan fingerprint density at radius 1 is 1.05 bits per heavy atom. The van der Waals surface area contributed by atoms with Crippen molar-refractivity contribution in [2.75, 3.05) is 19.7 Å². The molecule has 0 saturated heterocycles. The van der Waals surface area contributed by atoms with Crippen LogP contribution in [0.5, 0.6) is 5.75 Å². The van der Waals surface area contributed by atoms with Gasteiger partial charge in [0, 0.05) is 24.0 Å². The summed E-state index contributed by atoms with van der Waals surface area (Å²) in [5.74, 6) is 0.557. The molecule has 2 rings (SSSR count). The van der Waals surface area contributed by atoms with Gasteiger partial charge in [0.25, 0.3) is 0 Å². The summed E-state index contributed by atoms with van der Waals surface area (Å²) in [6.45, 7) is 2.21. The van der Waals surface area contributed by atoms with Crippen LogP contribution in [0.2, 0.25) is 15.1 Å². The van der Waals surface area contributed by atoms with Crippen LogP contribution >= 0.6 is 46.1 Å². The van der Waals surface area contributed by atoms with Gasteiger partial charge in [-0.25, -0.2) is 0 Å². The van der Waals surface area contributed by atoms with Crippen LogP contribution in [0.1, 0.15) is 4.88 Å². The standard InChI is InChI=1S/C14H14Cl3NOS/c15-11-8-13(17)14(9-12(11)16)19-6-5-18-4-3-10-2-1-7-20-10/h1-2,7-9,18H,3-6H2. The third kappa shape index (κ3) is 4.83. The molecule has 1 N–H and O–H groups in total. The quantitative estimate of drug-likeness (QED) is 0.565. The Labute approximate surface area is 137 Å². The number of hydrogen-bond donors (Lipinski definition) is 1. The number of hydrogen-bond acceptors (Lipinski definition) is 3. The minimum atomic E-state index is 0.429. The van der Waals surface area contributed by atoms with Gasteiger partial charge in [-0.05, 0) is 23.9 Å². The summed E-state index contributed by atoms with van der Waals surface area (Å²) in [5.41, 5.74) is 0. The maximum Gasteiger partial charge on any atom is 0.139 e. The van der Waals surface area contributed by atoms with Crippen molar-refractivity contribution in [3.63, 3.8) is 0 Å². The summed E-state index contributed by atoms with van der Waals surface area (Å²) < 4.78 is 5.57. The van der Waals surface area contributed by atoms with Gasteiger partial charge in [-0.3, -0.25) is 0 Å². The van der Waals surface area contributed by atoms with E-state index in [0.717, 1.165) is 19.5 Å². The molecule has 0 atom stereocenters. The van der Waals surface area contributed by atoms with Crippen LogP contribution in [0, 0.1) is 0 Å². The Hall–Kier alpha value is -0.450. The molecular weight excluding hydrogens is 337 g/mol. The average Bonchev–Trinajstić information content (AvgIpc) is 2.92. The second kappa shape index (κ2) is 8.11. The normalized spacial score (nSPS) is 10.8. The Morgan fingerprint density at radius 3 is 2.60 bits per heavy atom. The first kappa shape index (κ1) is 15.9. The van der Waals surface area contributed by atoms with Crippen molar-refractivity contribution in [2.24, 2.45) is 0 Å². The van der Waals surface area contributed by atoms with Crippen LogP contribution in [0.3, 0.4) is 0 Å². The van der Waals surface area contributed by atoms with Gasteiger partial charge in [0.05, 0.1) is 15.1 Å². The summed E-state index contributed by atoms with van der Waals surface area (Å²) in [7, 11) is 0. The lowest BCUT2D eigenvalue weighted by Crippen LogP contribution is -2.23. The zero-order valence-electron chi connectivity index (χ0n) is 10.7. The number of rotatable bonds is 7. The van der Waals surface area contributed by atoms with Crippen LogP contribution in [0.25, 0.3) is 0 Å². The highest BCUT2D eigenvalue weighted by Gasteiger charge is 2.06. The van der Waals surface area contributed by atoms with E-state index in [1.165, 1.54) is 4.88 Å². The molecule has 0 aliphatic heterocycles. The van der Waals surface area contributed by atoms with Crippen molar-refractivity contribution in [1.82, 2.24) is 5.32 Å². The fourth-order valence-electron chi connectivity index (χ4n) is 1.64. The Kier molecular flexibility index (Phi) is 6.46. The second-order valence-corrected chi connectivity index (χ2v) is 6.38. The lowest BCUT2D eigenvalue weighted by atomic mass is 10.3. The van der Waals surface area contributed by atoms with Gasteiger partial charge < -0.3 is 10.1 Å². The number of ether oxygens (including phenoxy) is 1. The summed E-state index contributed by atoms with van der Waals surface area (Å²) in [5, 5.41) is 6.75. The molecule has 2 aromatic rings. The molecule has 0 radical (unpaired) electrons. The highest BCUT2D eigenvalue weighted by molar-refractivity contribution is 7.09. The highest BCUT2D eigenvalue weighted by atomic mass is 35.5. The van der Waals surface area contributed by atoms with E-state index in [9.17, 15) is 0 Å². The lowest BCUT2D eigenvalue weighted by Gasteiger charge is -2.10. The first-order valence-electron chi connectivity index (χ1n) is 6.17. The summed E-state index contributed by atoms with van der Waals surface area (Å²) >= 11 is 19.6. The Balaban J connectivity index is 1.67. The second-order valence-electron chi connectivity index (χ2n) is 4.12. The van der Waals surface area contributed by atoms with Gasteiger partial charge in [0.2, 0.25) is 0 Å². The maximum atomic E-state index is 6.02. The molecular formula is C14H14Cl3NOS. The van der Waals surface area contributed by atoms with Crippen molar-refractivity contribution >= 4 is 46.1 Å². The zero-order valence-corrected chi connectivity index (χ0v) is 13.7.